The van der Waals surface area contributed by atoms with Crippen LogP contribution in [-0.4, -0.2) is 63.5 Å². The van der Waals surface area contributed by atoms with Crippen molar-refractivity contribution < 1.29 is 17.9 Å². The molecular weight excluding hydrogens is 328 g/mol. The number of carbonyl (C=O) groups is 1. The number of benzene rings is 1. The zero-order valence-electron chi connectivity index (χ0n) is 14.5. The predicted molar refractivity (Wildman–Crippen MR) is 94.1 cm³/mol. The van der Waals surface area contributed by atoms with E-state index in [1.165, 1.54) is 0 Å². The molecule has 1 N–H and O–H groups in total. The fourth-order valence-electron chi connectivity index (χ4n) is 2.91. The van der Waals surface area contributed by atoms with Gasteiger partial charge in [-0.3, -0.25) is 9.69 Å². The molecule has 1 fully saturated rings. The Balaban J connectivity index is 1.68. The van der Waals surface area contributed by atoms with E-state index in [9.17, 15) is 13.2 Å². The lowest BCUT2D eigenvalue weighted by molar-refractivity contribution is -0.122. The van der Waals surface area contributed by atoms with Crippen LogP contribution in [-0.2, 0) is 14.6 Å². The third-order valence-electron chi connectivity index (χ3n) is 4.11. The highest BCUT2D eigenvalue weighted by molar-refractivity contribution is 7.91. The smallest absolute Gasteiger partial charge is 0.234 e. The minimum Gasteiger partial charge on any atom is -0.492 e. The molecule has 1 amide bonds. The standard InChI is InChI=1S/C17H26N2O4S/c1-13-8-14(2)10-16(9-13)23-6-5-18-17(20)11-19(3)15-4-7-24(21,22)12-15/h8-10,15H,4-7,11-12H2,1-3H3,(H,18,20). The fraction of sp³-hybridized carbons (Fsp3) is 0.588. The largest absolute Gasteiger partial charge is 0.492 e. The molecule has 1 unspecified atom stereocenters. The van der Waals surface area contributed by atoms with E-state index in [2.05, 4.69) is 11.4 Å². The third-order valence-corrected chi connectivity index (χ3v) is 5.86. The van der Waals surface area contributed by atoms with Gasteiger partial charge in [0.1, 0.15) is 12.4 Å². The molecule has 134 valence electrons. The van der Waals surface area contributed by atoms with Gasteiger partial charge in [0.05, 0.1) is 24.6 Å². The number of amides is 1. The molecule has 0 spiro atoms. The predicted octanol–water partition coefficient (Wildman–Crippen LogP) is 0.917. The van der Waals surface area contributed by atoms with Gasteiger partial charge in [0, 0.05) is 6.04 Å². The van der Waals surface area contributed by atoms with Crippen molar-refractivity contribution in [3.8, 4) is 5.75 Å². The van der Waals surface area contributed by atoms with Crippen LogP contribution in [0.3, 0.4) is 0 Å². The van der Waals surface area contributed by atoms with Gasteiger partial charge in [-0.25, -0.2) is 8.42 Å². The summed E-state index contributed by atoms with van der Waals surface area (Å²) in [4.78, 5) is 13.7. The van der Waals surface area contributed by atoms with Crippen molar-refractivity contribution in [3.05, 3.63) is 29.3 Å². The minimum absolute atomic E-state index is 0.0627. The Morgan fingerprint density at radius 1 is 1.29 bits per heavy atom. The molecule has 0 aliphatic carbocycles. The lowest BCUT2D eigenvalue weighted by Gasteiger charge is -2.22. The SMILES string of the molecule is Cc1cc(C)cc(OCCNC(=O)CN(C)C2CCS(=O)(=O)C2)c1. The van der Waals surface area contributed by atoms with Crippen LogP contribution in [0.15, 0.2) is 18.2 Å². The lowest BCUT2D eigenvalue weighted by Crippen LogP contribution is -2.42. The number of likely N-dealkylation sites (N-methyl/N-ethyl adjacent to an activating group) is 1. The molecule has 6 nitrogen and oxygen atoms in total. The summed E-state index contributed by atoms with van der Waals surface area (Å²) in [6.07, 6.45) is 0.599. The van der Waals surface area contributed by atoms with Crippen molar-refractivity contribution in [1.29, 1.82) is 0 Å². The Hall–Kier alpha value is -1.60. The van der Waals surface area contributed by atoms with Crippen molar-refractivity contribution in [3.63, 3.8) is 0 Å². The molecule has 0 radical (unpaired) electrons. The van der Waals surface area contributed by atoms with Gasteiger partial charge in [0.15, 0.2) is 9.84 Å². The second-order valence-electron chi connectivity index (χ2n) is 6.49. The van der Waals surface area contributed by atoms with Crippen molar-refractivity contribution in [2.24, 2.45) is 0 Å². The van der Waals surface area contributed by atoms with Crippen LogP contribution in [0.4, 0.5) is 0 Å². The van der Waals surface area contributed by atoms with Crippen molar-refractivity contribution in [1.82, 2.24) is 10.2 Å². The monoisotopic (exact) mass is 354 g/mol. The van der Waals surface area contributed by atoms with Crippen molar-refractivity contribution >= 4 is 15.7 Å². The van der Waals surface area contributed by atoms with Crippen LogP contribution in [0.2, 0.25) is 0 Å². The molecule has 0 saturated carbocycles. The number of hydrogen-bond acceptors (Lipinski definition) is 5. The van der Waals surface area contributed by atoms with Crippen LogP contribution in [0.25, 0.3) is 0 Å². The summed E-state index contributed by atoms with van der Waals surface area (Å²) in [6, 6.07) is 5.94. The molecule has 1 aliphatic heterocycles. The van der Waals surface area contributed by atoms with E-state index in [0.29, 0.717) is 19.6 Å². The van der Waals surface area contributed by atoms with E-state index in [1.807, 2.05) is 30.9 Å². The summed E-state index contributed by atoms with van der Waals surface area (Å²) in [6.45, 7) is 5.05. The molecule has 1 aromatic rings. The van der Waals surface area contributed by atoms with Gasteiger partial charge in [0.25, 0.3) is 0 Å². The first-order valence-corrected chi connectivity index (χ1v) is 9.96. The van der Waals surface area contributed by atoms with E-state index in [4.69, 9.17) is 4.74 Å². The third kappa shape index (κ3) is 5.79. The van der Waals surface area contributed by atoms with E-state index in [-0.39, 0.29) is 30.0 Å². The first-order chi connectivity index (χ1) is 11.2. The summed E-state index contributed by atoms with van der Waals surface area (Å²) in [5.74, 6) is 1.04. The van der Waals surface area contributed by atoms with Crippen LogP contribution in [0.5, 0.6) is 5.75 Å². The topological polar surface area (TPSA) is 75.7 Å². The Morgan fingerprint density at radius 2 is 1.96 bits per heavy atom. The maximum absolute atomic E-state index is 11.9. The Morgan fingerprint density at radius 3 is 2.54 bits per heavy atom. The van der Waals surface area contributed by atoms with E-state index < -0.39 is 9.84 Å². The minimum atomic E-state index is -2.93. The molecule has 0 aromatic heterocycles. The summed E-state index contributed by atoms with van der Waals surface area (Å²) >= 11 is 0. The highest BCUT2D eigenvalue weighted by atomic mass is 32.2. The average molecular weight is 354 g/mol. The summed E-state index contributed by atoms with van der Waals surface area (Å²) in [7, 11) is -1.14. The first-order valence-electron chi connectivity index (χ1n) is 8.13. The number of aryl methyl sites for hydroxylation is 2. The lowest BCUT2D eigenvalue weighted by atomic mass is 10.1. The molecule has 2 rings (SSSR count). The fourth-order valence-corrected chi connectivity index (χ4v) is 4.72. The van der Waals surface area contributed by atoms with Crippen LogP contribution < -0.4 is 10.1 Å². The number of nitrogens with one attached hydrogen (secondary N) is 1. The molecule has 24 heavy (non-hydrogen) atoms. The Kier molecular flexibility index (Phi) is 6.23. The molecule has 1 saturated heterocycles. The number of hydrogen-bond donors (Lipinski definition) is 1. The number of carbonyl (C=O) groups excluding carboxylic acids is 1. The zero-order chi connectivity index (χ0) is 17.7. The van der Waals surface area contributed by atoms with E-state index in [0.717, 1.165) is 16.9 Å². The maximum atomic E-state index is 11.9. The highest BCUT2D eigenvalue weighted by Crippen LogP contribution is 2.16. The second-order valence-corrected chi connectivity index (χ2v) is 8.72. The molecule has 0 bridgehead atoms. The van der Waals surface area contributed by atoms with Gasteiger partial charge in [0.2, 0.25) is 5.91 Å². The van der Waals surface area contributed by atoms with Gasteiger partial charge in [-0.2, -0.15) is 0 Å². The summed E-state index contributed by atoms with van der Waals surface area (Å²) in [5, 5.41) is 2.80. The number of sulfone groups is 1. The molecule has 1 aliphatic rings. The molecule has 7 heteroatoms. The van der Waals surface area contributed by atoms with Gasteiger partial charge >= 0.3 is 0 Å². The highest BCUT2D eigenvalue weighted by Gasteiger charge is 2.31. The van der Waals surface area contributed by atoms with Gasteiger partial charge in [-0.15, -0.1) is 0 Å². The van der Waals surface area contributed by atoms with Gasteiger partial charge < -0.3 is 10.1 Å². The van der Waals surface area contributed by atoms with Crippen LogP contribution >= 0.6 is 0 Å². The quantitative estimate of drug-likeness (QED) is 0.737. The normalized spacial score (nSPS) is 19.4. The molecule has 1 aromatic carbocycles. The molecule has 1 heterocycles. The molecule has 1 atom stereocenters. The molecular formula is C17H26N2O4S. The Labute approximate surface area is 144 Å². The van der Waals surface area contributed by atoms with Crippen molar-refractivity contribution in [2.45, 2.75) is 26.3 Å². The van der Waals surface area contributed by atoms with Crippen molar-refractivity contribution in [2.75, 3.05) is 38.2 Å². The van der Waals surface area contributed by atoms with Crippen LogP contribution in [0.1, 0.15) is 17.5 Å². The second kappa shape index (κ2) is 7.98. The van der Waals surface area contributed by atoms with Gasteiger partial charge in [-0.05, 0) is 50.6 Å². The number of ether oxygens (including phenoxy) is 1. The number of nitrogens with zero attached hydrogens (tertiary/aromatic N) is 1. The Bertz CT molecular complexity index is 668. The number of rotatable bonds is 7. The summed E-state index contributed by atoms with van der Waals surface area (Å²) < 4.78 is 28.6. The average Bonchev–Trinajstić information content (AvgIpc) is 2.83. The van der Waals surface area contributed by atoms with Gasteiger partial charge in [-0.1, -0.05) is 6.07 Å². The van der Waals surface area contributed by atoms with E-state index >= 15 is 0 Å². The maximum Gasteiger partial charge on any atom is 0.234 e. The van der Waals surface area contributed by atoms with Crippen LogP contribution in [0, 0.1) is 13.8 Å². The summed E-state index contributed by atoms with van der Waals surface area (Å²) in [5.41, 5.74) is 2.28. The zero-order valence-corrected chi connectivity index (χ0v) is 15.4. The van der Waals surface area contributed by atoms with E-state index in [1.54, 1.807) is 7.05 Å². The first kappa shape index (κ1) is 18.7.